The van der Waals surface area contributed by atoms with E-state index in [4.69, 9.17) is 0 Å². The molecule has 0 atom stereocenters. The van der Waals surface area contributed by atoms with Crippen LogP contribution in [0, 0.1) is 20.8 Å². The molecule has 0 unspecified atom stereocenters. The molecule has 0 radical (unpaired) electrons. The minimum atomic E-state index is 1.06. The molecule has 0 aliphatic heterocycles. The van der Waals surface area contributed by atoms with Crippen LogP contribution in [0.1, 0.15) is 27.8 Å². The maximum Gasteiger partial charge on any atom is -0.00102 e. The second-order valence-corrected chi connectivity index (χ2v) is 7.10. The molecule has 0 amide bonds. The maximum atomic E-state index is 2.40. The minimum absolute atomic E-state index is 1.06. The zero-order chi connectivity index (χ0) is 16.4. The Morgan fingerprint density at radius 3 is 1.92 bits per heavy atom. The Morgan fingerprint density at radius 1 is 0.625 bits per heavy atom. The highest BCUT2D eigenvalue weighted by molar-refractivity contribution is 6.11. The fourth-order valence-electron chi connectivity index (χ4n) is 4.57. The molecule has 0 spiro atoms. The molecule has 0 saturated carbocycles. The van der Waals surface area contributed by atoms with Gasteiger partial charge in [-0.1, -0.05) is 54.6 Å². The Labute approximate surface area is 142 Å². The van der Waals surface area contributed by atoms with E-state index in [1.165, 1.54) is 60.5 Å². The van der Waals surface area contributed by atoms with Gasteiger partial charge in [-0.05, 0) is 87.7 Å². The van der Waals surface area contributed by atoms with E-state index >= 15 is 0 Å². The molecule has 0 aromatic heterocycles. The van der Waals surface area contributed by atoms with E-state index in [0.29, 0.717) is 0 Å². The van der Waals surface area contributed by atoms with Crippen LogP contribution in [-0.2, 0) is 6.42 Å². The summed E-state index contributed by atoms with van der Waals surface area (Å²) in [6.45, 7) is 6.80. The summed E-state index contributed by atoms with van der Waals surface area (Å²) in [6, 6.07) is 20.2. The van der Waals surface area contributed by atoms with Gasteiger partial charge in [0.1, 0.15) is 0 Å². The smallest absolute Gasteiger partial charge is 0.00102 e. The lowest BCUT2D eigenvalue weighted by Gasteiger charge is -2.15. The van der Waals surface area contributed by atoms with Crippen LogP contribution in [0.25, 0.3) is 32.7 Å². The summed E-state index contributed by atoms with van der Waals surface area (Å²) in [4.78, 5) is 0. The van der Waals surface area contributed by atoms with Gasteiger partial charge in [-0.3, -0.25) is 0 Å². The molecule has 0 saturated heterocycles. The van der Waals surface area contributed by atoms with E-state index in [1.807, 2.05) is 0 Å². The Kier molecular flexibility index (Phi) is 2.71. The summed E-state index contributed by atoms with van der Waals surface area (Å²) in [5.41, 5.74) is 10.2. The van der Waals surface area contributed by atoms with Gasteiger partial charge in [-0.2, -0.15) is 0 Å². The van der Waals surface area contributed by atoms with Gasteiger partial charge in [0.2, 0.25) is 0 Å². The fourth-order valence-corrected chi connectivity index (χ4v) is 4.57. The molecule has 0 heterocycles. The lowest BCUT2D eigenvalue weighted by molar-refractivity contribution is 1.20. The fraction of sp³-hybridized carbons (Fsp3) is 0.167. The monoisotopic (exact) mass is 308 g/mol. The van der Waals surface area contributed by atoms with Gasteiger partial charge >= 0.3 is 0 Å². The van der Waals surface area contributed by atoms with Gasteiger partial charge in [0, 0.05) is 0 Å². The van der Waals surface area contributed by atoms with Crippen molar-refractivity contribution in [3.8, 4) is 11.1 Å². The Morgan fingerprint density at radius 2 is 1.21 bits per heavy atom. The second kappa shape index (κ2) is 4.70. The third kappa shape index (κ3) is 1.63. The Balaban J connectivity index is 2.04. The van der Waals surface area contributed by atoms with E-state index in [2.05, 4.69) is 75.4 Å². The average molecular weight is 308 g/mol. The summed E-state index contributed by atoms with van der Waals surface area (Å²) < 4.78 is 0. The molecule has 0 heteroatoms. The number of hydrogen-bond donors (Lipinski definition) is 0. The van der Waals surface area contributed by atoms with Crippen molar-refractivity contribution in [1.29, 1.82) is 0 Å². The first kappa shape index (κ1) is 13.8. The van der Waals surface area contributed by atoms with Crippen molar-refractivity contribution in [3.05, 3.63) is 82.4 Å². The van der Waals surface area contributed by atoms with Crippen molar-refractivity contribution in [3.63, 3.8) is 0 Å². The van der Waals surface area contributed by atoms with Crippen LogP contribution in [0.4, 0.5) is 0 Å². The quantitative estimate of drug-likeness (QED) is 0.307. The van der Waals surface area contributed by atoms with Gasteiger partial charge in [0.05, 0.1) is 0 Å². The molecule has 0 nitrogen and oxygen atoms in total. The number of benzene rings is 4. The normalized spacial score (nSPS) is 12.6. The number of rotatable bonds is 0. The van der Waals surface area contributed by atoms with E-state index in [9.17, 15) is 0 Å². The van der Waals surface area contributed by atoms with Crippen molar-refractivity contribution in [2.45, 2.75) is 27.2 Å². The first-order valence-corrected chi connectivity index (χ1v) is 8.69. The van der Waals surface area contributed by atoms with Crippen LogP contribution in [0.15, 0.2) is 54.6 Å². The molecular weight excluding hydrogens is 288 g/mol. The van der Waals surface area contributed by atoms with Gasteiger partial charge < -0.3 is 0 Å². The summed E-state index contributed by atoms with van der Waals surface area (Å²) in [5, 5.41) is 5.58. The van der Waals surface area contributed by atoms with Gasteiger partial charge in [0.25, 0.3) is 0 Å². The zero-order valence-electron chi connectivity index (χ0n) is 14.4. The number of fused-ring (bicyclic) bond motifs is 7. The lowest BCUT2D eigenvalue weighted by Crippen LogP contribution is -1.93. The number of hydrogen-bond acceptors (Lipinski definition) is 0. The van der Waals surface area contributed by atoms with Crippen molar-refractivity contribution in [2.24, 2.45) is 0 Å². The molecule has 0 bridgehead atoms. The summed E-state index contributed by atoms with van der Waals surface area (Å²) in [5.74, 6) is 0. The third-order valence-corrected chi connectivity index (χ3v) is 5.87. The molecule has 1 aliphatic carbocycles. The van der Waals surface area contributed by atoms with Gasteiger partial charge in [-0.25, -0.2) is 0 Å². The molecule has 0 N–H and O–H groups in total. The van der Waals surface area contributed by atoms with Gasteiger partial charge in [-0.15, -0.1) is 0 Å². The van der Waals surface area contributed by atoms with Crippen molar-refractivity contribution in [1.82, 2.24) is 0 Å². The topological polar surface area (TPSA) is 0 Å². The maximum absolute atomic E-state index is 2.40. The first-order valence-electron chi connectivity index (χ1n) is 8.69. The third-order valence-electron chi connectivity index (χ3n) is 5.87. The molecule has 5 rings (SSSR count). The van der Waals surface area contributed by atoms with Gasteiger partial charge in [0.15, 0.2) is 0 Å². The lowest BCUT2D eigenvalue weighted by atomic mass is 9.89. The van der Waals surface area contributed by atoms with E-state index in [-0.39, 0.29) is 0 Å². The zero-order valence-corrected chi connectivity index (χ0v) is 14.4. The summed E-state index contributed by atoms with van der Waals surface area (Å²) in [7, 11) is 0. The Hall–Kier alpha value is -2.60. The molecule has 24 heavy (non-hydrogen) atoms. The SMILES string of the molecule is Cc1c2c(c3ccccc3c1C)-c1c(cc(C)c3ccccc13)C2. The first-order chi connectivity index (χ1) is 11.7. The highest BCUT2D eigenvalue weighted by Crippen LogP contribution is 2.48. The van der Waals surface area contributed by atoms with Crippen LogP contribution in [0.3, 0.4) is 0 Å². The second-order valence-electron chi connectivity index (χ2n) is 7.10. The highest BCUT2D eigenvalue weighted by atomic mass is 14.3. The van der Waals surface area contributed by atoms with Crippen LogP contribution >= 0.6 is 0 Å². The van der Waals surface area contributed by atoms with E-state index in [0.717, 1.165) is 6.42 Å². The molecule has 0 fully saturated rings. The standard InChI is InChI=1S/C24H20/c1-14-12-17-13-22-16(3)15(2)19-9-5-7-11-21(19)24(22)23(17)20-10-6-4-8-18(14)20/h4-12H,13H2,1-3H3. The van der Waals surface area contributed by atoms with Crippen LogP contribution in [0.5, 0.6) is 0 Å². The van der Waals surface area contributed by atoms with Crippen molar-refractivity contribution in [2.75, 3.05) is 0 Å². The molecule has 4 aromatic rings. The summed E-state index contributed by atoms with van der Waals surface area (Å²) in [6.07, 6.45) is 1.06. The highest BCUT2D eigenvalue weighted by Gasteiger charge is 2.26. The average Bonchev–Trinajstić information content (AvgIpc) is 2.99. The molecule has 1 aliphatic rings. The largest absolute Gasteiger partial charge is 0.0616 e. The summed E-state index contributed by atoms with van der Waals surface area (Å²) >= 11 is 0. The van der Waals surface area contributed by atoms with Crippen LogP contribution < -0.4 is 0 Å². The molecular formula is C24H20. The Bertz CT molecular complexity index is 1150. The van der Waals surface area contributed by atoms with E-state index in [1.54, 1.807) is 0 Å². The predicted molar refractivity (Wildman–Crippen MR) is 104 cm³/mol. The molecule has 4 aromatic carbocycles. The van der Waals surface area contributed by atoms with Crippen molar-refractivity contribution < 1.29 is 0 Å². The van der Waals surface area contributed by atoms with E-state index < -0.39 is 0 Å². The predicted octanol–water partition coefficient (Wildman–Crippen LogP) is 6.49. The number of aryl methyl sites for hydroxylation is 2. The minimum Gasteiger partial charge on any atom is -0.0616 e. The van der Waals surface area contributed by atoms with Crippen molar-refractivity contribution >= 4 is 21.5 Å². The van der Waals surface area contributed by atoms with Crippen LogP contribution in [-0.4, -0.2) is 0 Å². The molecule has 116 valence electrons. The van der Waals surface area contributed by atoms with Crippen LogP contribution in [0.2, 0.25) is 0 Å².